The fourth-order valence-electron chi connectivity index (χ4n) is 2.02. The first kappa shape index (κ1) is 15.5. The zero-order valence-corrected chi connectivity index (χ0v) is 11.9. The Bertz CT molecular complexity index is 572. The van der Waals surface area contributed by atoms with E-state index in [1.54, 1.807) is 13.0 Å². The summed E-state index contributed by atoms with van der Waals surface area (Å²) in [4.78, 5) is 0. The molecule has 0 saturated carbocycles. The van der Waals surface area contributed by atoms with E-state index < -0.39 is 18.0 Å². The van der Waals surface area contributed by atoms with E-state index >= 15 is 0 Å². The summed E-state index contributed by atoms with van der Waals surface area (Å²) < 4.78 is 19.2. The third-order valence-electron chi connectivity index (χ3n) is 3.27. The first-order valence-electron chi connectivity index (χ1n) is 6.93. The molecule has 2 N–H and O–H groups in total. The Morgan fingerprint density at radius 1 is 1.10 bits per heavy atom. The lowest BCUT2D eigenvalue weighted by Gasteiger charge is -2.17. The van der Waals surface area contributed by atoms with E-state index in [4.69, 9.17) is 4.74 Å². The number of rotatable bonds is 6. The number of halogens is 1. The molecule has 0 aromatic heterocycles. The maximum Gasteiger partial charge on any atom is 0.127 e. The van der Waals surface area contributed by atoms with Crippen LogP contribution in [0, 0.1) is 5.82 Å². The Labute approximate surface area is 123 Å². The molecular weight excluding hydrogens is 271 g/mol. The topological polar surface area (TPSA) is 49.7 Å². The van der Waals surface area contributed by atoms with Gasteiger partial charge in [-0.05, 0) is 29.7 Å². The molecule has 0 aliphatic rings. The number of benzene rings is 2. The van der Waals surface area contributed by atoms with Gasteiger partial charge < -0.3 is 14.9 Å². The van der Waals surface area contributed by atoms with E-state index in [9.17, 15) is 14.6 Å². The summed E-state index contributed by atoms with van der Waals surface area (Å²) >= 11 is 0. The third-order valence-corrected chi connectivity index (χ3v) is 3.27. The Balaban J connectivity index is 2.11. The quantitative estimate of drug-likeness (QED) is 0.859. The largest absolute Gasteiger partial charge is 0.489 e. The highest BCUT2D eigenvalue weighted by Crippen LogP contribution is 2.25. The predicted molar refractivity (Wildman–Crippen MR) is 78.4 cm³/mol. The first-order valence-corrected chi connectivity index (χ1v) is 6.93. The van der Waals surface area contributed by atoms with E-state index in [1.165, 1.54) is 12.1 Å². The van der Waals surface area contributed by atoms with Crippen LogP contribution < -0.4 is 4.74 Å². The SMILES string of the molecule is CCC(O)C(O)c1cc(F)cc(OCc2ccccc2)c1. The summed E-state index contributed by atoms with van der Waals surface area (Å²) in [6.45, 7) is 2.07. The van der Waals surface area contributed by atoms with Crippen LogP contribution in [0.5, 0.6) is 5.75 Å². The van der Waals surface area contributed by atoms with E-state index in [0.29, 0.717) is 24.3 Å². The summed E-state index contributed by atoms with van der Waals surface area (Å²) in [7, 11) is 0. The van der Waals surface area contributed by atoms with Gasteiger partial charge in [-0.1, -0.05) is 37.3 Å². The van der Waals surface area contributed by atoms with Crippen molar-refractivity contribution in [3.05, 3.63) is 65.5 Å². The molecule has 0 spiro atoms. The second kappa shape index (κ2) is 7.20. The highest BCUT2D eigenvalue weighted by Gasteiger charge is 2.18. The second-order valence-electron chi connectivity index (χ2n) is 4.91. The molecule has 0 radical (unpaired) electrons. The minimum Gasteiger partial charge on any atom is -0.489 e. The van der Waals surface area contributed by atoms with Crippen molar-refractivity contribution in [3.8, 4) is 5.75 Å². The van der Waals surface area contributed by atoms with Crippen LogP contribution in [-0.2, 0) is 6.61 Å². The van der Waals surface area contributed by atoms with Gasteiger partial charge in [-0.3, -0.25) is 0 Å². The fourth-order valence-corrected chi connectivity index (χ4v) is 2.02. The van der Waals surface area contributed by atoms with Crippen LogP contribution in [0.4, 0.5) is 4.39 Å². The highest BCUT2D eigenvalue weighted by molar-refractivity contribution is 5.31. The maximum atomic E-state index is 13.6. The van der Waals surface area contributed by atoms with E-state index in [2.05, 4.69) is 0 Å². The monoisotopic (exact) mass is 290 g/mol. The average molecular weight is 290 g/mol. The summed E-state index contributed by atoms with van der Waals surface area (Å²) in [5, 5.41) is 19.6. The Hall–Kier alpha value is -1.91. The molecule has 21 heavy (non-hydrogen) atoms. The van der Waals surface area contributed by atoms with E-state index in [1.807, 2.05) is 30.3 Å². The maximum absolute atomic E-state index is 13.6. The average Bonchev–Trinajstić information content (AvgIpc) is 2.52. The van der Waals surface area contributed by atoms with Gasteiger partial charge >= 0.3 is 0 Å². The van der Waals surface area contributed by atoms with Crippen LogP contribution in [0.15, 0.2) is 48.5 Å². The lowest BCUT2D eigenvalue weighted by Crippen LogP contribution is -2.17. The molecule has 0 fully saturated rings. The minimum absolute atomic E-state index is 0.312. The Morgan fingerprint density at radius 3 is 2.48 bits per heavy atom. The molecule has 4 heteroatoms. The van der Waals surface area contributed by atoms with Crippen molar-refractivity contribution in [1.82, 2.24) is 0 Å². The number of ether oxygens (including phenoxy) is 1. The molecule has 2 unspecified atom stereocenters. The highest BCUT2D eigenvalue weighted by atomic mass is 19.1. The molecule has 0 amide bonds. The fraction of sp³-hybridized carbons (Fsp3) is 0.294. The zero-order valence-electron chi connectivity index (χ0n) is 11.9. The Morgan fingerprint density at radius 2 is 1.81 bits per heavy atom. The number of aliphatic hydroxyl groups is 2. The summed E-state index contributed by atoms with van der Waals surface area (Å²) in [5.41, 5.74) is 1.28. The van der Waals surface area contributed by atoms with Gasteiger partial charge in [0.1, 0.15) is 24.3 Å². The van der Waals surface area contributed by atoms with Crippen molar-refractivity contribution in [1.29, 1.82) is 0 Å². The van der Waals surface area contributed by atoms with Crippen LogP contribution in [0.25, 0.3) is 0 Å². The van der Waals surface area contributed by atoms with Crippen molar-refractivity contribution in [2.24, 2.45) is 0 Å². The van der Waals surface area contributed by atoms with Gasteiger partial charge in [0.15, 0.2) is 0 Å². The first-order chi connectivity index (χ1) is 10.1. The normalized spacial score (nSPS) is 13.7. The lowest BCUT2D eigenvalue weighted by atomic mass is 10.0. The van der Waals surface area contributed by atoms with Gasteiger partial charge in [-0.2, -0.15) is 0 Å². The van der Waals surface area contributed by atoms with Gasteiger partial charge in [0, 0.05) is 6.07 Å². The third kappa shape index (κ3) is 4.28. The number of hydrogen-bond donors (Lipinski definition) is 2. The van der Waals surface area contributed by atoms with Crippen molar-refractivity contribution in [2.75, 3.05) is 0 Å². The second-order valence-corrected chi connectivity index (χ2v) is 4.91. The molecule has 112 valence electrons. The molecule has 0 aliphatic heterocycles. The van der Waals surface area contributed by atoms with Gasteiger partial charge in [-0.15, -0.1) is 0 Å². The number of aliphatic hydroxyl groups excluding tert-OH is 2. The molecule has 2 rings (SSSR count). The summed E-state index contributed by atoms with van der Waals surface area (Å²) in [6.07, 6.45) is -1.66. The minimum atomic E-state index is -1.12. The molecule has 3 nitrogen and oxygen atoms in total. The van der Waals surface area contributed by atoms with Crippen molar-refractivity contribution in [3.63, 3.8) is 0 Å². The van der Waals surface area contributed by atoms with Crippen LogP contribution in [0.3, 0.4) is 0 Å². The molecule has 0 saturated heterocycles. The molecule has 2 aromatic rings. The standard InChI is InChI=1S/C17H19FO3/c1-2-16(19)17(20)13-8-14(18)10-15(9-13)21-11-12-6-4-3-5-7-12/h3-10,16-17,19-20H,2,11H2,1H3. The van der Waals surface area contributed by atoms with Crippen LogP contribution in [0.2, 0.25) is 0 Å². The summed E-state index contributed by atoms with van der Waals surface area (Å²) in [5.74, 6) is -0.172. The summed E-state index contributed by atoms with van der Waals surface area (Å²) in [6, 6.07) is 13.6. The molecule has 0 aliphatic carbocycles. The number of hydrogen-bond acceptors (Lipinski definition) is 3. The molecule has 0 bridgehead atoms. The van der Waals surface area contributed by atoms with Crippen LogP contribution >= 0.6 is 0 Å². The molecule has 0 heterocycles. The van der Waals surface area contributed by atoms with Gasteiger partial charge in [0.05, 0.1) is 6.10 Å². The molecule has 2 aromatic carbocycles. The predicted octanol–water partition coefficient (Wildman–Crippen LogP) is 3.21. The van der Waals surface area contributed by atoms with Gasteiger partial charge in [0.25, 0.3) is 0 Å². The van der Waals surface area contributed by atoms with E-state index in [0.717, 1.165) is 5.56 Å². The van der Waals surface area contributed by atoms with Crippen molar-refractivity contribution >= 4 is 0 Å². The molecular formula is C17H19FO3. The smallest absolute Gasteiger partial charge is 0.127 e. The van der Waals surface area contributed by atoms with E-state index in [-0.39, 0.29) is 0 Å². The van der Waals surface area contributed by atoms with Crippen LogP contribution in [-0.4, -0.2) is 16.3 Å². The zero-order chi connectivity index (χ0) is 15.2. The van der Waals surface area contributed by atoms with Gasteiger partial charge in [-0.25, -0.2) is 4.39 Å². The van der Waals surface area contributed by atoms with Crippen LogP contribution in [0.1, 0.15) is 30.6 Å². The lowest BCUT2D eigenvalue weighted by molar-refractivity contribution is 0.0162. The van der Waals surface area contributed by atoms with Crippen molar-refractivity contribution in [2.45, 2.75) is 32.2 Å². The molecule has 2 atom stereocenters. The Kier molecular flexibility index (Phi) is 5.31. The van der Waals surface area contributed by atoms with Gasteiger partial charge in [0.2, 0.25) is 0 Å². The van der Waals surface area contributed by atoms with Crippen molar-refractivity contribution < 1.29 is 19.3 Å².